The van der Waals surface area contributed by atoms with Crippen LogP contribution in [0.4, 0.5) is 0 Å². The molecule has 1 N–H and O–H groups in total. The van der Waals surface area contributed by atoms with Gasteiger partial charge in [0.2, 0.25) is 0 Å². The molecular weight excluding hydrogens is 298 g/mol. The minimum atomic E-state index is 0.119. The Morgan fingerprint density at radius 1 is 1.25 bits per heavy atom. The van der Waals surface area contributed by atoms with E-state index in [1.807, 2.05) is 6.20 Å². The largest absolute Gasteiger partial charge is 0.330 e. The van der Waals surface area contributed by atoms with E-state index in [1.165, 1.54) is 54.7 Å². The van der Waals surface area contributed by atoms with Gasteiger partial charge in [0.1, 0.15) is 0 Å². The van der Waals surface area contributed by atoms with Gasteiger partial charge in [-0.05, 0) is 32.1 Å². The summed E-state index contributed by atoms with van der Waals surface area (Å²) in [6, 6.07) is 0.587. The maximum absolute atomic E-state index is 4.68. The Balaban J connectivity index is 1.46. The van der Waals surface area contributed by atoms with Crippen molar-refractivity contribution in [3.63, 3.8) is 0 Å². The van der Waals surface area contributed by atoms with Gasteiger partial charge in [-0.15, -0.1) is 0 Å². The number of imidazole rings is 1. The summed E-state index contributed by atoms with van der Waals surface area (Å²) in [6.07, 6.45) is 10.3. The summed E-state index contributed by atoms with van der Waals surface area (Å²) in [6.45, 7) is 10.0. The highest BCUT2D eigenvalue weighted by Gasteiger charge is 2.29. The number of rotatable bonds is 3. The molecule has 130 valence electrons. The number of H-pyrrole nitrogens is 1. The van der Waals surface area contributed by atoms with Crippen LogP contribution in [0, 0.1) is 0 Å². The maximum atomic E-state index is 4.68. The van der Waals surface area contributed by atoms with Gasteiger partial charge in [0.05, 0.1) is 18.2 Å². The van der Waals surface area contributed by atoms with Gasteiger partial charge in [0, 0.05) is 48.0 Å². The molecule has 2 aromatic rings. The van der Waals surface area contributed by atoms with E-state index in [4.69, 9.17) is 0 Å². The first-order chi connectivity index (χ1) is 11.5. The average molecular weight is 327 g/mol. The maximum Gasteiger partial charge on any atom is 0.0954 e. The molecule has 0 spiro atoms. The monoisotopic (exact) mass is 327 g/mol. The van der Waals surface area contributed by atoms with Crippen LogP contribution in [0.15, 0.2) is 12.5 Å². The molecule has 0 saturated carbocycles. The van der Waals surface area contributed by atoms with Crippen LogP contribution in [0.1, 0.15) is 68.7 Å². The standard InChI is InChI=1S/C19H29N5/c1-19(2,3)18-14(10-21-22-18)11-23-9-8-15(12-23)24-13-20-16-6-4-5-7-17(16)24/h10,13,15H,4-9,11-12H2,1-3H3,(H,21,22)/t15-/m1/s1. The van der Waals surface area contributed by atoms with Gasteiger partial charge >= 0.3 is 0 Å². The van der Waals surface area contributed by atoms with Crippen LogP contribution in [-0.2, 0) is 24.8 Å². The van der Waals surface area contributed by atoms with Crippen molar-refractivity contribution in [2.24, 2.45) is 0 Å². The Kier molecular flexibility index (Phi) is 3.99. The molecule has 1 aliphatic carbocycles. The van der Waals surface area contributed by atoms with Crippen molar-refractivity contribution in [2.45, 2.75) is 70.9 Å². The van der Waals surface area contributed by atoms with Gasteiger partial charge in [-0.2, -0.15) is 5.10 Å². The summed E-state index contributed by atoms with van der Waals surface area (Å²) in [5.41, 5.74) is 5.59. The second-order valence-electron chi connectivity index (χ2n) is 8.45. The summed E-state index contributed by atoms with van der Waals surface area (Å²) in [5.74, 6) is 0. The normalized spacial score (nSPS) is 22.0. The molecule has 0 unspecified atom stereocenters. The quantitative estimate of drug-likeness (QED) is 0.941. The molecule has 0 amide bonds. The van der Waals surface area contributed by atoms with E-state index in [-0.39, 0.29) is 5.41 Å². The third kappa shape index (κ3) is 2.90. The molecule has 0 aromatic carbocycles. The number of fused-ring (bicyclic) bond motifs is 1. The van der Waals surface area contributed by atoms with Gasteiger partial charge in [-0.1, -0.05) is 20.8 Å². The van der Waals surface area contributed by atoms with Crippen LogP contribution >= 0.6 is 0 Å². The van der Waals surface area contributed by atoms with E-state index in [1.54, 1.807) is 0 Å². The molecule has 0 bridgehead atoms. The first-order valence-electron chi connectivity index (χ1n) is 9.32. The third-order valence-corrected chi connectivity index (χ3v) is 5.56. The number of nitrogens with one attached hydrogen (secondary N) is 1. The van der Waals surface area contributed by atoms with E-state index in [0.29, 0.717) is 6.04 Å². The Bertz CT molecular complexity index is 706. The number of aromatic nitrogens is 4. The lowest BCUT2D eigenvalue weighted by molar-refractivity contribution is 0.312. The first kappa shape index (κ1) is 15.9. The summed E-state index contributed by atoms with van der Waals surface area (Å²) in [7, 11) is 0. The van der Waals surface area contributed by atoms with Gasteiger partial charge in [0.15, 0.2) is 0 Å². The van der Waals surface area contributed by atoms with Crippen LogP contribution in [0.25, 0.3) is 0 Å². The first-order valence-corrected chi connectivity index (χ1v) is 9.32. The van der Waals surface area contributed by atoms with Crippen molar-refractivity contribution in [1.82, 2.24) is 24.6 Å². The van der Waals surface area contributed by atoms with E-state index >= 15 is 0 Å². The molecule has 5 nitrogen and oxygen atoms in total. The molecule has 1 aliphatic heterocycles. The SMILES string of the molecule is CC(C)(C)c1[nH]ncc1CN1CC[C@@H](n2cnc3c2CCCC3)C1. The van der Waals surface area contributed by atoms with Gasteiger partial charge in [-0.25, -0.2) is 4.98 Å². The van der Waals surface area contributed by atoms with Crippen molar-refractivity contribution in [1.29, 1.82) is 0 Å². The van der Waals surface area contributed by atoms with Crippen LogP contribution in [0.3, 0.4) is 0 Å². The zero-order valence-electron chi connectivity index (χ0n) is 15.2. The van der Waals surface area contributed by atoms with Crippen LogP contribution in [0.2, 0.25) is 0 Å². The lowest BCUT2D eigenvalue weighted by Crippen LogP contribution is -2.24. The van der Waals surface area contributed by atoms with Gasteiger partial charge in [0.25, 0.3) is 0 Å². The smallest absolute Gasteiger partial charge is 0.0954 e. The molecule has 24 heavy (non-hydrogen) atoms. The number of nitrogens with zero attached hydrogens (tertiary/aromatic N) is 4. The molecule has 3 heterocycles. The fourth-order valence-electron chi connectivity index (χ4n) is 4.31. The van der Waals surface area contributed by atoms with E-state index < -0.39 is 0 Å². The minimum absolute atomic E-state index is 0.119. The predicted octanol–water partition coefficient (Wildman–Crippen LogP) is 3.23. The van der Waals surface area contributed by atoms with Gasteiger partial charge in [-0.3, -0.25) is 10.00 Å². The molecule has 4 rings (SSSR count). The third-order valence-electron chi connectivity index (χ3n) is 5.56. The second-order valence-corrected chi connectivity index (χ2v) is 8.45. The molecule has 1 fully saturated rings. The predicted molar refractivity (Wildman–Crippen MR) is 95.1 cm³/mol. The van der Waals surface area contributed by atoms with Crippen molar-refractivity contribution in [3.8, 4) is 0 Å². The highest BCUT2D eigenvalue weighted by atomic mass is 15.2. The summed E-state index contributed by atoms with van der Waals surface area (Å²) < 4.78 is 2.48. The fourth-order valence-corrected chi connectivity index (χ4v) is 4.31. The molecule has 0 radical (unpaired) electrons. The van der Waals surface area contributed by atoms with Crippen LogP contribution < -0.4 is 0 Å². The van der Waals surface area contributed by atoms with E-state index in [2.05, 4.69) is 51.7 Å². The lowest BCUT2D eigenvalue weighted by atomic mass is 9.89. The van der Waals surface area contributed by atoms with Crippen molar-refractivity contribution in [3.05, 3.63) is 35.2 Å². The van der Waals surface area contributed by atoms with Crippen molar-refractivity contribution in [2.75, 3.05) is 13.1 Å². The summed E-state index contributed by atoms with van der Waals surface area (Å²) in [5, 5.41) is 7.50. The highest BCUT2D eigenvalue weighted by Crippen LogP contribution is 2.30. The fraction of sp³-hybridized carbons (Fsp3) is 0.684. The molecular formula is C19H29N5. The molecule has 2 aliphatic rings. The summed E-state index contributed by atoms with van der Waals surface area (Å²) >= 11 is 0. The number of aromatic amines is 1. The number of aryl methyl sites for hydroxylation is 1. The number of likely N-dealkylation sites (tertiary alicyclic amines) is 1. The minimum Gasteiger partial charge on any atom is -0.330 e. The zero-order chi connectivity index (χ0) is 16.7. The molecule has 1 atom stereocenters. The van der Waals surface area contributed by atoms with E-state index in [9.17, 15) is 0 Å². The second kappa shape index (κ2) is 6.03. The van der Waals surface area contributed by atoms with Gasteiger partial charge < -0.3 is 4.57 Å². The Labute approximate surface area is 144 Å². The highest BCUT2D eigenvalue weighted by molar-refractivity contribution is 5.23. The molecule has 5 heteroatoms. The van der Waals surface area contributed by atoms with E-state index in [0.717, 1.165) is 19.6 Å². The summed E-state index contributed by atoms with van der Waals surface area (Å²) in [4.78, 5) is 7.25. The van der Waals surface area contributed by atoms with Crippen molar-refractivity contribution < 1.29 is 0 Å². The zero-order valence-corrected chi connectivity index (χ0v) is 15.2. The molecule has 1 saturated heterocycles. The Morgan fingerprint density at radius 3 is 2.92 bits per heavy atom. The molecule has 2 aromatic heterocycles. The number of hydrogen-bond acceptors (Lipinski definition) is 3. The van der Waals surface area contributed by atoms with Crippen molar-refractivity contribution >= 4 is 0 Å². The van der Waals surface area contributed by atoms with Crippen LogP contribution in [0.5, 0.6) is 0 Å². The topological polar surface area (TPSA) is 49.7 Å². The lowest BCUT2D eigenvalue weighted by Gasteiger charge is -2.22. The average Bonchev–Trinajstić information content (AvgIpc) is 3.25. The Morgan fingerprint density at radius 2 is 2.08 bits per heavy atom. The van der Waals surface area contributed by atoms with Crippen LogP contribution in [-0.4, -0.2) is 37.7 Å². The Hall–Kier alpha value is -1.62. The number of hydrogen-bond donors (Lipinski definition) is 1.